The summed E-state index contributed by atoms with van der Waals surface area (Å²) in [5, 5.41) is 0. The van der Waals surface area contributed by atoms with Crippen LogP contribution in [0.3, 0.4) is 0 Å². The van der Waals surface area contributed by atoms with Crippen molar-refractivity contribution in [2.75, 3.05) is 22.3 Å². The molecular weight excluding hydrogens is 280 g/mol. The van der Waals surface area contributed by atoms with Crippen LogP contribution in [0.5, 0.6) is 0 Å². The third-order valence-electron chi connectivity index (χ3n) is 2.34. The third-order valence-corrected chi connectivity index (χ3v) is 4.86. The van der Waals surface area contributed by atoms with Gasteiger partial charge in [0.05, 0.1) is 11.4 Å². The largest absolute Gasteiger partial charge is 0.399 e. The first kappa shape index (κ1) is 10.8. The summed E-state index contributed by atoms with van der Waals surface area (Å²) in [6.07, 6.45) is 0.670. The first-order valence-electron chi connectivity index (χ1n) is 4.56. The van der Waals surface area contributed by atoms with Crippen molar-refractivity contribution in [2.24, 2.45) is 0 Å². The minimum Gasteiger partial charge on any atom is -0.399 e. The highest BCUT2D eigenvalue weighted by Gasteiger charge is 2.29. The summed E-state index contributed by atoms with van der Waals surface area (Å²) in [4.78, 5) is 0. The zero-order valence-electron chi connectivity index (χ0n) is 7.98. The fraction of sp³-hybridized carbons (Fsp3) is 0.333. The molecule has 6 heteroatoms. The maximum absolute atomic E-state index is 11.7. The summed E-state index contributed by atoms with van der Waals surface area (Å²) in [7, 11) is -3.13. The molecule has 0 aliphatic carbocycles. The molecule has 0 unspecified atom stereocenters. The predicted octanol–water partition coefficient (Wildman–Crippen LogP) is 1.57. The molecule has 0 atom stereocenters. The van der Waals surface area contributed by atoms with Gasteiger partial charge in [-0.1, -0.05) is 0 Å². The van der Waals surface area contributed by atoms with E-state index in [-0.39, 0.29) is 5.75 Å². The van der Waals surface area contributed by atoms with Gasteiger partial charge in [0.1, 0.15) is 0 Å². The smallest absolute Gasteiger partial charge is 0.235 e. The summed E-state index contributed by atoms with van der Waals surface area (Å²) in [5.41, 5.74) is 6.84. The molecule has 0 aromatic heterocycles. The molecule has 1 aromatic rings. The minimum atomic E-state index is -3.13. The minimum absolute atomic E-state index is 0.217. The van der Waals surface area contributed by atoms with Crippen LogP contribution in [0.2, 0.25) is 0 Å². The third kappa shape index (κ3) is 1.96. The Kier molecular flexibility index (Phi) is 2.64. The molecule has 1 heterocycles. The van der Waals surface area contributed by atoms with E-state index in [0.717, 1.165) is 4.47 Å². The average Bonchev–Trinajstić information content (AvgIpc) is 2.50. The molecule has 0 amide bonds. The van der Waals surface area contributed by atoms with Crippen LogP contribution in [0.15, 0.2) is 22.7 Å². The second-order valence-electron chi connectivity index (χ2n) is 3.45. The fourth-order valence-electron chi connectivity index (χ4n) is 1.63. The zero-order chi connectivity index (χ0) is 11.1. The summed E-state index contributed by atoms with van der Waals surface area (Å²) >= 11 is 3.33. The Morgan fingerprint density at radius 1 is 1.40 bits per heavy atom. The standard InChI is InChI=1S/C9H11BrN2O2S/c10-8-3-2-7(11)6-9(8)12-4-1-5-15(12,13)14/h2-3,6H,1,4-5,11H2. The molecule has 0 spiro atoms. The van der Waals surface area contributed by atoms with Gasteiger partial charge in [0, 0.05) is 16.7 Å². The molecule has 4 nitrogen and oxygen atoms in total. The number of nitrogens with two attached hydrogens (primary N) is 1. The van der Waals surface area contributed by atoms with Crippen LogP contribution in [0, 0.1) is 0 Å². The van der Waals surface area contributed by atoms with Gasteiger partial charge in [0.2, 0.25) is 10.0 Å². The van der Waals surface area contributed by atoms with Gasteiger partial charge in [-0.15, -0.1) is 0 Å². The van der Waals surface area contributed by atoms with Gasteiger partial charge in [-0.2, -0.15) is 0 Å². The summed E-state index contributed by atoms with van der Waals surface area (Å²) in [6.45, 7) is 0.532. The van der Waals surface area contributed by atoms with Crippen molar-refractivity contribution >= 4 is 37.3 Å². The van der Waals surface area contributed by atoms with Gasteiger partial charge < -0.3 is 5.73 Å². The Balaban J connectivity index is 2.50. The van der Waals surface area contributed by atoms with E-state index < -0.39 is 10.0 Å². The van der Waals surface area contributed by atoms with Crippen molar-refractivity contribution in [2.45, 2.75) is 6.42 Å². The van der Waals surface area contributed by atoms with Gasteiger partial charge in [-0.05, 0) is 40.5 Å². The predicted molar refractivity (Wildman–Crippen MR) is 64.3 cm³/mol. The lowest BCUT2D eigenvalue weighted by atomic mass is 10.3. The van der Waals surface area contributed by atoms with Gasteiger partial charge in [0.25, 0.3) is 0 Å². The number of nitrogens with zero attached hydrogens (tertiary/aromatic N) is 1. The SMILES string of the molecule is Nc1ccc(Br)c(N2CCCS2(=O)=O)c1. The Hall–Kier alpha value is -0.750. The van der Waals surface area contributed by atoms with Gasteiger partial charge in [-0.3, -0.25) is 4.31 Å². The highest BCUT2D eigenvalue weighted by Crippen LogP contribution is 2.32. The fourth-order valence-corrected chi connectivity index (χ4v) is 3.78. The Morgan fingerprint density at radius 3 is 2.73 bits per heavy atom. The lowest BCUT2D eigenvalue weighted by molar-refractivity contribution is 0.599. The van der Waals surface area contributed by atoms with E-state index in [1.165, 1.54) is 4.31 Å². The molecule has 0 radical (unpaired) electrons. The van der Waals surface area contributed by atoms with Crippen LogP contribution in [-0.2, 0) is 10.0 Å². The van der Waals surface area contributed by atoms with E-state index in [1.54, 1.807) is 18.2 Å². The first-order valence-corrected chi connectivity index (χ1v) is 6.96. The lowest BCUT2D eigenvalue weighted by Crippen LogP contribution is -2.25. The summed E-state index contributed by atoms with van der Waals surface area (Å²) in [5.74, 6) is 0.217. The van der Waals surface area contributed by atoms with Crippen molar-refractivity contribution in [1.29, 1.82) is 0 Å². The number of rotatable bonds is 1. The molecule has 1 fully saturated rings. The van der Waals surface area contributed by atoms with Gasteiger partial charge >= 0.3 is 0 Å². The quantitative estimate of drug-likeness (QED) is 0.799. The summed E-state index contributed by atoms with van der Waals surface area (Å²) < 4.78 is 25.5. The first-order chi connectivity index (χ1) is 7.00. The van der Waals surface area contributed by atoms with E-state index in [9.17, 15) is 8.42 Å². The number of hydrogen-bond donors (Lipinski definition) is 1. The number of hydrogen-bond acceptors (Lipinski definition) is 3. The Bertz CT molecular complexity index is 487. The van der Waals surface area contributed by atoms with Crippen LogP contribution in [0.4, 0.5) is 11.4 Å². The number of benzene rings is 1. The Morgan fingerprint density at radius 2 is 2.13 bits per heavy atom. The number of halogens is 1. The molecule has 1 aromatic carbocycles. The lowest BCUT2D eigenvalue weighted by Gasteiger charge is -2.18. The zero-order valence-corrected chi connectivity index (χ0v) is 10.4. The van der Waals surface area contributed by atoms with E-state index >= 15 is 0 Å². The van der Waals surface area contributed by atoms with Crippen LogP contribution in [-0.4, -0.2) is 20.7 Å². The molecule has 1 aliphatic heterocycles. The second-order valence-corrected chi connectivity index (χ2v) is 6.32. The van der Waals surface area contributed by atoms with Crippen LogP contribution >= 0.6 is 15.9 Å². The van der Waals surface area contributed by atoms with Crippen LogP contribution in [0.1, 0.15) is 6.42 Å². The van der Waals surface area contributed by atoms with Crippen molar-refractivity contribution < 1.29 is 8.42 Å². The number of nitrogen functional groups attached to an aromatic ring is 1. The molecule has 82 valence electrons. The van der Waals surface area contributed by atoms with Crippen molar-refractivity contribution in [3.63, 3.8) is 0 Å². The molecule has 15 heavy (non-hydrogen) atoms. The topological polar surface area (TPSA) is 63.4 Å². The highest BCUT2D eigenvalue weighted by atomic mass is 79.9. The maximum Gasteiger partial charge on any atom is 0.235 e. The summed E-state index contributed by atoms with van der Waals surface area (Å²) in [6, 6.07) is 5.17. The van der Waals surface area contributed by atoms with Crippen LogP contribution in [0.25, 0.3) is 0 Å². The van der Waals surface area contributed by atoms with Crippen molar-refractivity contribution in [1.82, 2.24) is 0 Å². The van der Waals surface area contributed by atoms with Crippen LogP contribution < -0.4 is 10.0 Å². The van der Waals surface area contributed by atoms with Crippen molar-refractivity contribution in [3.8, 4) is 0 Å². The highest BCUT2D eigenvalue weighted by molar-refractivity contribution is 9.10. The monoisotopic (exact) mass is 290 g/mol. The molecule has 2 rings (SSSR count). The Labute approximate surface area is 97.2 Å². The van der Waals surface area contributed by atoms with E-state index in [0.29, 0.717) is 24.3 Å². The molecule has 2 N–H and O–H groups in total. The maximum atomic E-state index is 11.7. The van der Waals surface area contributed by atoms with E-state index in [2.05, 4.69) is 15.9 Å². The molecule has 1 saturated heterocycles. The number of anilines is 2. The van der Waals surface area contributed by atoms with Gasteiger partial charge in [0.15, 0.2) is 0 Å². The molecule has 0 bridgehead atoms. The van der Waals surface area contributed by atoms with E-state index in [4.69, 9.17) is 5.73 Å². The van der Waals surface area contributed by atoms with E-state index in [1.807, 2.05) is 0 Å². The van der Waals surface area contributed by atoms with Crippen molar-refractivity contribution in [3.05, 3.63) is 22.7 Å². The second kappa shape index (κ2) is 3.68. The van der Waals surface area contributed by atoms with Gasteiger partial charge in [-0.25, -0.2) is 8.42 Å². The normalized spacial score (nSPS) is 19.4. The molecule has 1 aliphatic rings. The average molecular weight is 291 g/mol. The number of sulfonamides is 1. The molecular formula is C9H11BrN2O2S. The molecule has 0 saturated carbocycles.